The van der Waals surface area contributed by atoms with Gasteiger partial charge in [0.2, 0.25) is 0 Å². The van der Waals surface area contributed by atoms with Gasteiger partial charge in [0.25, 0.3) is 20.2 Å². The molecule has 7 nitrogen and oxygen atoms in total. The fourth-order valence-electron chi connectivity index (χ4n) is 1.82. The van der Waals surface area contributed by atoms with E-state index in [4.69, 9.17) is 14.8 Å². The summed E-state index contributed by atoms with van der Waals surface area (Å²) in [4.78, 5) is -0.614. The average Bonchev–Trinajstić information content (AvgIpc) is 2.44. The molecule has 0 fully saturated rings. The summed E-state index contributed by atoms with van der Waals surface area (Å²) in [5.41, 5.74) is 6.53. The lowest BCUT2D eigenvalue weighted by Crippen LogP contribution is -2.03. The first kappa shape index (κ1) is 17.2. The van der Waals surface area contributed by atoms with Crippen molar-refractivity contribution in [3.63, 3.8) is 0 Å². The molecule has 0 radical (unpaired) electrons. The van der Waals surface area contributed by atoms with Gasteiger partial charge in [-0.25, -0.2) is 0 Å². The van der Waals surface area contributed by atoms with E-state index in [0.717, 1.165) is 0 Å². The van der Waals surface area contributed by atoms with Crippen LogP contribution in [0.3, 0.4) is 0 Å². The molecule has 23 heavy (non-hydrogen) atoms. The molecule has 4 N–H and O–H groups in total. The predicted molar refractivity (Wildman–Crippen MR) is 85.9 cm³/mol. The second-order valence-electron chi connectivity index (χ2n) is 4.65. The Bertz CT molecular complexity index is 961. The lowest BCUT2D eigenvalue weighted by Gasteiger charge is -2.03. The molecule has 2 aromatic rings. The molecule has 0 saturated carbocycles. The number of anilines is 1. The van der Waals surface area contributed by atoms with Crippen LogP contribution in [0.1, 0.15) is 11.1 Å². The highest BCUT2D eigenvalue weighted by Gasteiger charge is 2.13. The van der Waals surface area contributed by atoms with Gasteiger partial charge >= 0.3 is 0 Å². The molecule has 0 aliphatic rings. The number of benzene rings is 2. The summed E-state index contributed by atoms with van der Waals surface area (Å²) >= 11 is 0. The topological polar surface area (TPSA) is 135 Å². The third-order valence-corrected chi connectivity index (χ3v) is 4.74. The Morgan fingerprint density at radius 1 is 0.783 bits per heavy atom. The first-order chi connectivity index (χ1) is 10.6. The van der Waals surface area contributed by atoms with E-state index in [1.807, 2.05) is 0 Å². The zero-order valence-corrected chi connectivity index (χ0v) is 13.3. The summed E-state index contributed by atoms with van der Waals surface area (Å²) < 4.78 is 62.2. The predicted octanol–water partition coefficient (Wildman–Crippen LogP) is 1.93. The summed E-state index contributed by atoms with van der Waals surface area (Å²) in [7, 11) is -8.66. The number of nitrogens with two attached hydrogens (primary N) is 1. The van der Waals surface area contributed by atoms with Gasteiger partial charge in [0.15, 0.2) is 0 Å². The molecule has 9 heteroatoms. The van der Waals surface area contributed by atoms with E-state index in [2.05, 4.69) is 0 Å². The highest BCUT2D eigenvalue weighted by Crippen LogP contribution is 2.21. The van der Waals surface area contributed by atoms with E-state index in [1.54, 1.807) is 18.2 Å². The molecule has 2 aromatic carbocycles. The molecule has 0 atom stereocenters. The highest BCUT2D eigenvalue weighted by atomic mass is 32.2. The summed E-state index contributed by atoms with van der Waals surface area (Å²) in [6.45, 7) is 0. The normalized spacial score (nSPS) is 12.6. The SMILES string of the molecule is Nc1ccc(/C=C/c2ccc(S(=O)(=O)O)cc2)cc1S(=O)(=O)O. The molecule has 0 aliphatic carbocycles. The maximum absolute atomic E-state index is 11.2. The van der Waals surface area contributed by atoms with Crippen LogP contribution in [-0.2, 0) is 20.2 Å². The molecule has 0 bridgehead atoms. The number of nitrogen functional groups attached to an aromatic ring is 1. The summed E-state index contributed by atoms with van der Waals surface area (Å²) in [6, 6.07) is 9.55. The van der Waals surface area contributed by atoms with Crippen LogP contribution in [0.25, 0.3) is 12.2 Å². The van der Waals surface area contributed by atoms with Gasteiger partial charge in [0, 0.05) is 0 Å². The second kappa shape index (κ2) is 6.13. The smallest absolute Gasteiger partial charge is 0.296 e. The van der Waals surface area contributed by atoms with Crippen LogP contribution in [0, 0.1) is 0 Å². The minimum Gasteiger partial charge on any atom is -0.398 e. The van der Waals surface area contributed by atoms with E-state index < -0.39 is 20.2 Å². The molecule has 0 aliphatic heterocycles. The molecule has 0 unspecified atom stereocenters. The van der Waals surface area contributed by atoms with E-state index >= 15 is 0 Å². The van der Waals surface area contributed by atoms with Crippen LogP contribution in [0.4, 0.5) is 5.69 Å². The van der Waals surface area contributed by atoms with E-state index in [1.165, 1.54) is 36.4 Å². The lowest BCUT2D eigenvalue weighted by atomic mass is 10.1. The first-order valence-corrected chi connectivity index (χ1v) is 9.08. The molecule has 0 aromatic heterocycles. The van der Waals surface area contributed by atoms with Gasteiger partial charge in [0.05, 0.1) is 10.6 Å². The van der Waals surface area contributed by atoms with Crippen molar-refractivity contribution in [3.05, 3.63) is 53.6 Å². The minimum atomic E-state index is -4.41. The lowest BCUT2D eigenvalue weighted by molar-refractivity contribution is 0.481. The monoisotopic (exact) mass is 355 g/mol. The number of rotatable bonds is 4. The van der Waals surface area contributed by atoms with Gasteiger partial charge in [-0.15, -0.1) is 0 Å². The van der Waals surface area contributed by atoms with Crippen molar-refractivity contribution in [3.8, 4) is 0 Å². The zero-order valence-electron chi connectivity index (χ0n) is 11.6. The molecule has 0 heterocycles. The largest absolute Gasteiger partial charge is 0.398 e. The molecule has 0 saturated heterocycles. The Hall–Kier alpha value is -2.20. The van der Waals surface area contributed by atoms with Crippen LogP contribution in [0.15, 0.2) is 52.3 Å². The third kappa shape index (κ3) is 4.39. The van der Waals surface area contributed by atoms with Crippen LogP contribution in [-0.4, -0.2) is 25.9 Å². The fraction of sp³-hybridized carbons (Fsp3) is 0. The van der Waals surface area contributed by atoms with Crippen LogP contribution < -0.4 is 5.73 Å². The van der Waals surface area contributed by atoms with E-state index in [9.17, 15) is 16.8 Å². The standard InChI is InChI=1S/C14H13NO6S2/c15-13-8-5-11(9-14(13)23(19,20)21)2-1-10-3-6-12(7-4-10)22(16,17)18/h1-9H,15H2,(H,16,17,18)(H,19,20,21)/b2-1+. The van der Waals surface area contributed by atoms with Gasteiger partial charge in [-0.05, 0) is 35.4 Å². The van der Waals surface area contributed by atoms with Gasteiger partial charge in [-0.1, -0.05) is 30.4 Å². The maximum atomic E-state index is 11.2. The molecule has 2 rings (SSSR count). The van der Waals surface area contributed by atoms with Crippen molar-refractivity contribution < 1.29 is 25.9 Å². The van der Waals surface area contributed by atoms with Gasteiger partial charge in [-0.3, -0.25) is 9.11 Å². The van der Waals surface area contributed by atoms with Gasteiger partial charge in [-0.2, -0.15) is 16.8 Å². The van der Waals surface area contributed by atoms with Gasteiger partial charge < -0.3 is 5.73 Å². The number of hydrogen-bond donors (Lipinski definition) is 3. The van der Waals surface area contributed by atoms with Crippen LogP contribution >= 0.6 is 0 Å². The first-order valence-electron chi connectivity index (χ1n) is 6.20. The number of hydrogen-bond acceptors (Lipinski definition) is 5. The van der Waals surface area contributed by atoms with Crippen LogP contribution in [0.5, 0.6) is 0 Å². The fourth-order valence-corrected chi connectivity index (χ4v) is 2.95. The average molecular weight is 355 g/mol. The summed E-state index contributed by atoms with van der Waals surface area (Å²) in [5, 5.41) is 0. The minimum absolute atomic E-state index is 0.0674. The van der Waals surface area contributed by atoms with Crippen molar-refractivity contribution in [2.24, 2.45) is 0 Å². The van der Waals surface area contributed by atoms with Crippen molar-refractivity contribution in [2.75, 3.05) is 5.73 Å². The Morgan fingerprint density at radius 3 is 1.83 bits per heavy atom. The third-order valence-electron chi connectivity index (χ3n) is 2.96. The molecular formula is C14H13NO6S2. The van der Waals surface area contributed by atoms with Crippen molar-refractivity contribution in [1.29, 1.82) is 0 Å². The Kier molecular flexibility index (Phi) is 4.57. The highest BCUT2D eigenvalue weighted by molar-refractivity contribution is 7.86. The molecule has 122 valence electrons. The Labute approximate surface area is 133 Å². The van der Waals surface area contributed by atoms with Crippen molar-refractivity contribution in [1.82, 2.24) is 0 Å². The quantitative estimate of drug-likeness (QED) is 0.433. The Morgan fingerprint density at radius 2 is 1.30 bits per heavy atom. The van der Waals surface area contributed by atoms with Crippen molar-refractivity contribution in [2.45, 2.75) is 9.79 Å². The maximum Gasteiger partial charge on any atom is 0.296 e. The molecular weight excluding hydrogens is 342 g/mol. The van der Waals surface area contributed by atoms with E-state index in [0.29, 0.717) is 11.1 Å². The van der Waals surface area contributed by atoms with Crippen LogP contribution in [0.2, 0.25) is 0 Å². The van der Waals surface area contributed by atoms with Crippen molar-refractivity contribution >= 4 is 38.1 Å². The van der Waals surface area contributed by atoms with E-state index in [-0.39, 0.29) is 15.5 Å². The Balaban J connectivity index is 2.31. The molecule has 0 amide bonds. The second-order valence-corrected chi connectivity index (χ2v) is 7.46. The summed E-state index contributed by atoms with van der Waals surface area (Å²) in [6.07, 6.45) is 3.17. The van der Waals surface area contributed by atoms with Gasteiger partial charge in [0.1, 0.15) is 4.90 Å². The summed E-state index contributed by atoms with van der Waals surface area (Å²) in [5.74, 6) is 0. The zero-order chi connectivity index (χ0) is 17.3. The molecule has 0 spiro atoms.